The normalized spacial score (nSPS) is 14.8. The maximum absolute atomic E-state index is 13.9. The molecule has 43 heavy (non-hydrogen) atoms. The molecule has 5 atom stereocenters. The number of benzene rings is 1. The van der Waals surface area contributed by atoms with Crippen molar-refractivity contribution in [3.05, 3.63) is 66.0 Å². The van der Waals surface area contributed by atoms with Gasteiger partial charge in [-0.25, -0.2) is 0 Å². The van der Waals surface area contributed by atoms with Crippen molar-refractivity contribution >= 4 is 29.5 Å². The van der Waals surface area contributed by atoms with Crippen LogP contribution in [0.3, 0.4) is 0 Å². The Hall–Kier alpha value is -2.95. The zero-order valence-corrected chi connectivity index (χ0v) is 26.8. The van der Waals surface area contributed by atoms with Crippen LogP contribution in [0.4, 0.5) is 0 Å². The fraction of sp³-hybridized carbons (Fsp3) is 0.576. The molecule has 0 aliphatic rings. The number of nitrogens with zero attached hydrogens (tertiary/aromatic N) is 1. The minimum Gasteiger partial charge on any atom is -0.388 e. The average Bonchev–Trinajstić information content (AvgIpc) is 3.00. The number of hydrogen-bond donors (Lipinski definition) is 5. The quantitative estimate of drug-likeness (QED) is 0.152. The summed E-state index contributed by atoms with van der Waals surface area (Å²) in [5.74, 6) is -0.820. The van der Waals surface area contributed by atoms with Gasteiger partial charge in [-0.3, -0.25) is 19.4 Å². The third kappa shape index (κ3) is 13.1. The number of aliphatic hydroxyl groups excluding tert-OH is 2. The molecule has 1 heterocycles. The van der Waals surface area contributed by atoms with Gasteiger partial charge in [-0.2, -0.15) is 11.8 Å². The molecule has 0 fully saturated rings. The number of rotatable bonds is 20. The van der Waals surface area contributed by atoms with Crippen molar-refractivity contribution in [1.29, 1.82) is 0 Å². The predicted molar refractivity (Wildman–Crippen MR) is 173 cm³/mol. The Kier molecular flexibility index (Phi) is 16.9. The first-order valence-corrected chi connectivity index (χ1v) is 16.5. The predicted octanol–water partition coefficient (Wildman–Crippen LogP) is 4.03. The summed E-state index contributed by atoms with van der Waals surface area (Å²) in [7, 11) is 0. The smallest absolute Gasteiger partial charge is 0.253 e. The second-order valence-electron chi connectivity index (χ2n) is 11.0. The molecular formula is C33H50N4O5S. The Bertz CT molecular complexity index is 1090. The number of amides is 3. The fourth-order valence-corrected chi connectivity index (χ4v) is 6.51. The Balaban J connectivity index is 2.33. The van der Waals surface area contributed by atoms with E-state index in [1.165, 1.54) is 13.1 Å². The summed E-state index contributed by atoms with van der Waals surface area (Å²) < 4.78 is 0. The Morgan fingerprint density at radius 3 is 2.09 bits per heavy atom. The highest BCUT2D eigenvalue weighted by atomic mass is 32.2. The molecular weight excluding hydrogens is 564 g/mol. The molecule has 1 aromatic carbocycles. The van der Waals surface area contributed by atoms with Crippen LogP contribution in [0.25, 0.3) is 0 Å². The van der Waals surface area contributed by atoms with Crippen LogP contribution in [0.5, 0.6) is 0 Å². The molecule has 0 saturated heterocycles. The van der Waals surface area contributed by atoms with Gasteiger partial charge >= 0.3 is 0 Å². The zero-order valence-electron chi connectivity index (χ0n) is 26.0. The summed E-state index contributed by atoms with van der Waals surface area (Å²) in [5.41, 5.74) is 1.20. The van der Waals surface area contributed by atoms with Crippen molar-refractivity contribution < 1.29 is 24.6 Å². The van der Waals surface area contributed by atoms with Crippen molar-refractivity contribution in [1.82, 2.24) is 20.9 Å². The lowest BCUT2D eigenvalue weighted by Gasteiger charge is -2.33. The monoisotopic (exact) mass is 614 g/mol. The number of unbranched alkanes of at least 4 members (excludes halogenated alkanes) is 1. The molecule has 0 saturated carbocycles. The molecule has 2 rings (SSSR count). The summed E-state index contributed by atoms with van der Waals surface area (Å²) in [6, 6.07) is 10.2. The number of thioether (sulfide) groups is 1. The van der Waals surface area contributed by atoms with Crippen LogP contribution >= 0.6 is 11.8 Å². The van der Waals surface area contributed by atoms with E-state index in [0.717, 1.165) is 44.1 Å². The highest BCUT2D eigenvalue weighted by Crippen LogP contribution is 2.23. The number of hydrogen-bond acceptors (Lipinski definition) is 7. The minimum absolute atomic E-state index is 0.246. The topological polar surface area (TPSA) is 141 Å². The number of nitrogens with one attached hydrogen (secondary N) is 3. The summed E-state index contributed by atoms with van der Waals surface area (Å²) in [4.78, 5) is 42.9. The third-order valence-corrected chi connectivity index (χ3v) is 8.79. The van der Waals surface area contributed by atoms with Crippen molar-refractivity contribution in [2.24, 2.45) is 0 Å². The molecule has 0 spiro atoms. The Morgan fingerprint density at radius 1 is 0.837 bits per heavy atom. The first kappa shape index (κ1) is 36.2. The first-order valence-electron chi connectivity index (χ1n) is 15.5. The van der Waals surface area contributed by atoms with E-state index in [0.29, 0.717) is 23.0 Å². The van der Waals surface area contributed by atoms with E-state index in [4.69, 9.17) is 0 Å². The van der Waals surface area contributed by atoms with Crippen molar-refractivity contribution in [2.45, 2.75) is 115 Å². The lowest BCUT2D eigenvalue weighted by Crippen LogP contribution is -2.59. The van der Waals surface area contributed by atoms with Gasteiger partial charge in [0, 0.05) is 30.3 Å². The van der Waals surface area contributed by atoms with Gasteiger partial charge in [0.05, 0.1) is 17.6 Å². The SMILES string of the molecule is CCCC[C@@H](NC(C)=O)[C@@H](O)[C@H](O)[C@H](Cc1ccccc1)NC(=O)[C@@H](CSC(CCC)CCC)NC(=O)c1cccnc1. The summed E-state index contributed by atoms with van der Waals surface area (Å²) in [6.07, 6.45) is 6.72. The number of carbonyl (C=O) groups is 3. The van der Waals surface area contributed by atoms with Crippen LogP contribution in [0.1, 0.15) is 88.6 Å². The largest absolute Gasteiger partial charge is 0.388 e. The highest BCUT2D eigenvalue weighted by molar-refractivity contribution is 7.99. The van der Waals surface area contributed by atoms with E-state index in [2.05, 4.69) is 34.8 Å². The van der Waals surface area contributed by atoms with Gasteiger partial charge in [0.2, 0.25) is 11.8 Å². The first-order chi connectivity index (χ1) is 20.7. The molecule has 9 nitrogen and oxygen atoms in total. The lowest BCUT2D eigenvalue weighted by molar-refractivity contribution is -0.126. The molecule has 1 aromatic heterocycles. The molecule has 0 radical (unpaired) electrons. The summed E-state index contributed by atoms with van der Waals surface area (Å²) in [6.45, 7) is 7.65. The van der Waals surface area contributed by atoms with Gasteiger partial charge in [-0.05, 0) is 43.4 Å². The van der Waals surface area contributed by atoms with E-state index >= 15 is 0 Å². The summed E-state index contributed by atoms with van der Waals surface area (Å²) in [5, 5.41) is 31.6. The third-order valence-electron chi connectivity index (χ3n) is 7.32. The molecule has 238 valence electrons. The maximum atomic E-state index is 13.9. The second-order valence-corrected chi connectivity index (χ2v) is 12.4. The van der Waals surface area contributed by atoms with Crippen LogP contribution in [-0.2, 0) is 16.0 Å². The molecule has 3 amide bonds. The van der Waals surface area contributed by atoms with Gasteiger partial charge in [0.1, 0.15) is 18.2 Å². The number of aliphatic hydroxyl groups is 2. The molecule has 0 aliphatic carbocycles. The van der Waals surface area contributed by atoms with Crippen molar-refractivity contribution in [3.8, 4) is 0 Å². The van der Waals surface area contributed by atoms with Gasteiger partial charge in [0.15, 0.2) is 0 Å². The lowest BCUT2D eigenvalue weighted by atomic mass is 9.91. The number of carbonyl (C=O) groups excluding carboxylic acids is 3. The molecule has 5 N–H and O–H groups in total. The zero-order chi connectivity index (χ0) is 31.6. The van der Waals surface area contributed by atoms with E-state index in [1.54, 1.807) is 30.1 Å². The molecule has 0 aliphatic heterocycles. The van der Waals surface area contributed by atoms with Gasteiger partial charge in [0.25, 0.3) is 5.91 Å². The molecule has 0 unspecified atom stereocenters. The van der Waals surface area contributed by atoms with Crippen molar-refractivity contribution in [2.75, 3.05) is 5.75 Å². The number of pyridine rings is 1. The van der Waals surface area contributed by atoms with E-state index in [-0.39, 0.29) is 12.3 Å². The second kappa shape index (κ2) is 20.1. The van der Waals surface area contributed by atoms with E-state index < -0.39 is 42.1 Å². The summed E-state index contributed by atoms with van der Waals surface area (Å²) >= 11 is 1.66. The Labute approximate surface area is 261 Å². The molecule has 10 heteroatoms. The van der Waals surface area contributed by atoms with Crippen LogP contribution in [0.2, 0.25) is 0 Å². The van der Waals surface area contributed by atoms with Gasteiger partial charge < -0.3 is 26.2 Å². The highest BCUT2D eigenvalue weighted by Gasteiger charge is 2.35. The van der Waals surface area contributed by atoms with Crippen LogP contribution in [0, 0.1) is 0 Å². The molecule has 0 bridgehead atoms. The van der Waals surface area contributed by atoms with Crippen LogP contribution < -0.4 is 16.0 Å². The average molecular weight is 615 g/mol. The Morgan fingerprint density at radius 2 is 1.51 bits per heavy atom. The maximum Gasteiger partial charge on any atom is 0.253 e. The minimum atomic E-state index is -1.38. The van der Waals surface area contributed by atoms with E-state index in [9.17, 15) is 24.6 Å². The number of aromatic nitrogens is 1. The van der Waals surface area contributed by atoms with E-state index in [1.807, 2.05) is 37.3 Å². The molecule has 2 aromatic rings. The standard InChI is InChI=1S/C33H50N4O5S/c1-5-8-18-27(35-23(4)38)30(39)31(40)28(20-24-15-10-9-11-16-24)36-33(42)29(22-43-26(13-6-2)14-7-3)37-32(41)25-17-12-19-34-21-25/h9-12,15-17,19,21,26-31,39-40H,5-8,13-14,18,20,22H2,1-4H3,(H,35,38)(H,36,42)(H,37,41)/t27-,28+,29-,30-,31-/m1/s1. The van der Waals surface area contributed by atoms with Gasteiger partial charge in [-0.15, -0.1) is 0 Å². The van der Waals surface area contributed by atoms with Crippen molar-refractivity contribution in [3.63, 3.8) is 0 Å². The van der Waals surface area contributed by atoms with Crippen LogP contribution in [-0.4, -0.2) is 74.3 Å². The van der Waals surface area contributed by atoms with Crippen LogP contribution in [0.15, 0.2) is 54.9 Å². The van der Waals surface area contributed by atoms with Gasteiger partial charge in [-0.1, -0.05) is 76.8 Å². The fourth-order valence-electron chi connectivity index (χ4n) is 5.01.